The summed E-state index contributed by atoms with van der Waals surface area (Å²) in [6.45, 7) is 5.15. The second-order valence-corrected chi connectivity index (χ2v) is 3.85. The van der Waals surface area contributed by atoms with E-state index in [1.54, 1.807) is 0 Å². The third kappa shape index (κ3) is 2.10. The molecule has 78 valence electrons. The minimum absolute atomic E-state index is 0.0743. The van der Waals surface area contributed by atoms with Gasteiger partial charge in [0.1, 0.15) is 5.70 Å². The fourth-order valence-corrected chi connectivity index (χ4v) is 1.63. The molecule has 0 aromatic heterocycles. The van der Waals surface area contributed by atoms with E-state index in [0.717, 1.165) is 24.2 Å². The molecule has 3 heteroatoms. The molecular formula is C12H15N3. The van der Waals surface area contributed by atoms with Gasteiger partial charge in [0.25, 0.3) is 0 Å². The topological polar surface area (TPSA) is 28.0 Å². The minimum atomic E-state index is 0.0743. The quantitative estimate of drug-likeness (QED) is 0.645. The highest BCUT2D eigenvalue weighted by atomic mass is 15.6. The number of fused-ring (bicyclic) bond motifs is 1. The highest BCUT2D eigenvalue weighted by Crippen LogP contribution is 2.23. The van der Waals surface area contributed by atoms with Crippen LogP contribution in [0.4, 0.5) is 0 Å². The number of nitrogens with zero attached hydrogens (tertiary/aromatic N) is 3. The minimum Gasteiger partial charge on any atom is -0.257 e. The van der Waals surface area contributed by atoms with E-state index in [1.165, 1.54) is 6.42 Å². The van der Waals surface area contributed by atoms with Gasteiger partial charge in [-0.05, 0) is 31.1 Å². The summed E-state index contributed by atoms with van der Waals surface area (Å²) in [7, 11) is 0. The highest BCUT2D eigenvalue weighted by molar-refractivity contribution is 5.40. The van der Waals surface area contributed by atoms with E-state index in [-0.39, 0.29) is 6.04 Å². The van der Waals surface area contributed by atoms with Gasteiger partial charge in [-0.1, -0.05) is 30.4 Å². The molecule has 3 nitrogen and oxygen atoms in total. The number of allylic oxidation sites excluding steroid dienone is 3. The van der Waals surface area contributed by atoms with Crippen LogP contribution < -0.4 is 0 Å². The van der Waals surface area contributed by atoms with Crippen LogP contribution in [0.15, 0.2) is 33.8 Å². The van der Waals surface area contributed by atoms with Crippen molar-refractivity contribution in [1.29, 1.82) is 0 Å². The largest absolute Gasteiger partial charge is 0.257 e. The van der Waals surface area contributed by atoms with Gasteiger partial charge in [-0.3, -0.25) is 5.01 Å². The molecule has 0 fully saturated rings. The maximum Gasteiger partial charge on any atom is 0.153 e. The van der Waals surface area contributed by atoms with Gasteiger partial charge in [-0.15, -0.1) is 5.11 Å². The molecule has 0 bridgehead atoms. The van der Waals surface area contributed by atoms with Gasteiger partial charge in [0.15, 0.2) is 6.04 Å². The molecule has 1 atom stereocenters. The fourth-order valence-electron chi connectivity index (χ4n) is 1.63. The van der Waals surface area contributed by atoms with Crippen LogP contribution in [-0.4, -0.2) is 17.6 Å². The van der Waals surface area contributed by atoms with Crippen molar-refractivity contribution in [2.75, 3.05) is 6.54 Å². The molecule has 1 aliphatic heterocycles. The third-order valence-corrected chi connectivity index (χ3v) is 2.49. The number of hydrogen-bond donors (Lipinski definition) is 0. The second kappa shape index (κ2) is 4.31. The zero-order chi connectivity index (χ0) is 10.7. The summed E-state index contributed by atoms with van der Waals surface area (Å²) in [6.07, 6.45) is 6.28. The van der Waals surface area contributed by atoms with Gasteiger partial charge in [-0.25, -0.2) is 0 Å². The summed E-state index contributed by atoms with van der Waals surface area (Å²) >= 11 is 0. The molecule has 0 saturated heterocycles. The van der Waals surface area contributed by atoms with Gasteiger partial charge in [0, 0.05) is 6.54 Å². The van der Waals surface area contributed by atoms with Crippen molar-refractivity contribution in [2.24, 2.45) is 10.3 Å². The first-order chi connectivity index (χ1) is 7.31. The van der Waals surface area contributed by atoms with Gasteiger partial charge < -0.3 is 0 Å². The molecule has 0 aromatic carbocycles. The number of rotatable bonds is 3. The Kier molecular flexibility index (Phi) is 2.86. The standard InChI is InChI=1S/C12H15N3/c1-3-4-8-15-12-7-5-6-10(2)9-11(12)13-14-15/h6,9,12H,3-4,8H2,1-2H3. The van der Waals surface area contributed by atoms with E-state index in [4.69, 9.17) is 0 Å². The lowest BCUT2D eigenvalue weighted by atomic mass is 10.2. The summed E-state index contributed by atoms with van der Waals surface area (Å²) < 4.78 is 0. The molecular weight excluding hydrogens is 186 g/mol. The first-order valence-electron chi connectivity index (χ1n) is 5.39. The van der Waals surface area contributed by atoms with Crippen LogP contribution in [0.3, 0.4) is 0 Å². The van der Waals surface area contributed by atoms with Gasteiger partial charge >= 0.3 is 0 Å². The van der Waals surface area contributed by atoms with Gasteiger partial charge in [0.2, 0.25) is 0 Å². The van der Waals surface area contributed by atoms with E-state index in [2.05, 4.69) is 29.1 Å². The Balaban J connectivity index is 2.13. The normalized spacial score (nSPS) is 22.5. The van der Waals surface area contributed by atoms with E-state index >= 15 is 0 Å². The van der Waals surface area contributed by atoms with Crippen LogP contribution in [0, 0.1) is 11.8 Å². The molecule has 15 heavy (non-hydrogen) atoms. The first-order valence-corrected chi connectivity index (χ1v) is 5.39. The lowest BCUT2D eigenvalue weighted by Crippen LogP contribution is -2.27. The van der Waals surface area contributed by atoms with Crippen molar-refractivity contribution in [3.8, 4) is 11.8 Å². The Hall–Kier alpha value is -1.56. The monoisotopic (exact) mass is 201 g/mol. The lowest BCUT2D eigenvalue weighted by Gasteiger charge is -2.16. The predicted octanol–water partition coefficient (Wildman–Crippen LogP) is 2.69. The van der Waals surface area contributed by atoms with Crippen LogP contribution in [-0.2, 0) is 0 Å². The molecule has 1 heterocycles. The second-order valence-electron chi connectivity index (χ2n) is 3.85. The van der Waals surface area contributed by atoms with Crippen LogP contribution >= 0.6 is 0 Å². The molecule has 2 rings (SSSR count). The molecule has 0 N–H and O–H groups in total. The Morgan fingerprint density at radius 2 is 2.40 bits per heavy atom. The summed E-state index contributed by atoms with van der Waals surface area (Å²) in [5, 5.41) is 10.3. The van der Waals surface area contributed by atoms with Crippen molar-refractivity contribution in [1.82, 2.24) is 5.01 Å². The van der Waals surface area contributed by atoms with E-state index in [9.17, 15) is 0 Å². The average Bonchev–Trinajstić information content (AvgIpc) is 2.48. The van der Waals surface area contributed by atoms with Crippen molar-refractivity contribution in [3.05, 3.63) is 23.4 Å². The first kappa shape index (κ1) is 9.97. The summed E-state index contributed by atoms with van der Waals surface area (Å²) in [5.41, 5.74) is 2.13. The highest BCUT2D eigenvalue weighted by Gasteiger charge is 2.25. The molecule has 0 amide bonds. The van der Waals surface area contributed by atoms with Gasteiger partial charge in [-0.2, -0.15) is 0 Å². The predicted molar refractivity (Wildman–Crippen MR) is 59.9 cm³/mol. The Labute approximate surface area is 90.5 Å². The molecule has 0 radical (unpaired) electrons. The lowest BCUT2D eigenvalue weighted by molar-refractivity contribution is 0.281. The zero-order valence-corrected chi connectivity index (χ0v) is 9.20. The zero-order valence-electron chi connectivity index (χ0n) is 9.20. The Bertz CT molecular complexity index is 393. The molecule has 1 aliphatic carbocycles. The number of hydrogen-bond acceptors (Lipinski definition) is 3. The Morgan fingerprint density at radius 3 is 3.20 bits per heavy atom. The molecule has 0 spiro atoms. The Morgan fingerprint density at radius 1 is 1.53 bits per heavy atom. The summed E-state index contributed by atoms with van der Waals surface area (Å²) in [4.78, 5) is 0. The van der Waals surface area contributed by atoms with Crippen molar-refractivity contribution in [3.63, 3.8) is 0 Å². The number of unbranched alkanes of at least 4 members (excludes halogenated alkanes) is 1. The molecule has 0 saturated carbocycles. The SMILES string of the molecule is CCCCN1N=NC2=CC(C)=CC#CC21. The van der Waals surface area contributed by atoms with E-state index in [0.29, 0.717) is 0 Å². The van der Waals surface area contributed by atoms with Crippen molar-refractivity contribution in [2.45, 2.75) is 32.7 Å². The maximum absolute atomic E-state index is 4.17. The third-order valence-electron chi connectivity index (χ3n) is 2.49. The molecule has 2 aliphatic rings. The smallest absolute Gasteiger partial charge is 0.153 e. The molecule has 1 unspecified atom stereocenters. The van der Waals surface area contributed by atoms with E-state index in [1.807, 2.05) is 24.1 Å². The van der Waals surface area contributed by atoms with Crippen molar-refractivity contribution >= 4 is 0 Å². The maximum atomic E-state index is 4.17. The van der Waals surface area contributed by atoms with Crippen molar-refractivity contribution < 1.29 is 0 Å². The van der Waals surface area contributed by atoms with Crippen LogP contribution in [0.25, 0.3) is 0 Å². The van der Waals surface area contributed by atoms with Gasteiger partial charge in [0.05, 0.1) is 0 Å². The molecule has 0 aromatic rings. The fraction of sp³-hybridized carbons (Fsp3) is 0.500. The van der Waals surface area contributed by atoms with Crippen LogP contribution in [0.2, 0.25) is 0 Å². The van der Waals surface area contributed by atoms with E-state index < -0.39 is 0 Å². The van der Waals surface area contributed by atoms with Crippen LogP contribution in [0.5, 0.6) is 0 Å². The average molecular weight is 201 g/mol. The summed E-state index contributed by atoms with van der Waals surface area (Å²) in [5.74, 6) is 6.23. The summed E-state index contributed by atoms with van der Waals surface area (Å²) in [6, 6.07) is 0.0743. The van der Waals surface area contributed by atoms with Crippen LogP contribution in [0.1, 0.15) is 26.7 Å².